The number of hydrogen-bond donors (Lipinski definition) is 3. The SMILES string of the molecule is O=CNc1c(CC(=O)O)ccc2c1c1c(O)cncc1n2C(F)(F)c1ccc(F)c(F)c1F. The highest BCUT2D eigenvalue weighted by Gasteiger charge is 2.41. The fourth-order valence-electron chi connectivity index (χ4n) is 3.78. The van der Waals surface area contributed by atoms with Gasteiger partial charge >= 0.3 is 12.0 Å². The van der Waals surface area contributed by atoms with E-state index in [4.69, 9.17) is 5.11 Å². The number of aromatic hydroxyl groups is 1. The van der Waals surface area contributed by atoms with E-state index in [1.807, 2.05) is 0 Å². The van der Waals surface area contributed by atoms with Crippen LogP contribution in [-0.2, 0) is 22.1 Å². The summed E-state index contributed by atoms with van der Waals surface area (Å²) in [6.07, 6.45) is 1.44. The molecule has 0 saturated carbocycles. The van der Waals surface area contributed by atoms with Crippen molar-refractivity contribution in [2.75, 3.05) is 5.32 Å². The maximum atomic E-state index is 15.7. The van der Waals surface area contributed by atoms with E-state index in [2.05, 4.69) is 10.3 Å². The second kappa shape index (κ2) is 7.73. The summed E-state index contributed by atoms with van der Waals surface area (Å²) in [5.74, 6) is -7.76. The molecule has 0 aliphatic rings. The molecular weight excluding hydrogens is 453 g/mol. The van der Waals surface area contributed by atoms with Crippen molar-refractivity contribution in [3.05, 3.63) is 65.2 Å². The van der Waals surface area contributed by atoms with Crippen LogP contribution < -0.4 is 5.32 Å². The van der Waals surface area contributed by atoms with Gasteiger partial charge in [-0.05, 0) is 23.8 Å². The molecule has 0 atom stereocenters. The monoisotopic (exact) mass is 465 g/mol. The molecule has 0 saturated heterocycles. The Morgan fingerprint density at radius 3 is 2.45 bits per heavy atom. The number of nitrogens with zero attached hydrogens (tertiary/aromatic N) is 2. The molecule has 0 spiro atoms. The minimum Gasteiger partial charge on any atom is -0.506 e. The van der Waals surface area contributed by atoms with E-state index in [1.54, 1.807) is 0 Å². The second-order valence-corrected chi connectivity index (χ2v) is 6.98. The molecule has 33 heavy (non-hydrogen) atoms. The number of carboxylic acids is 1. The topological polar surface area (TPSA) is 104 Å². The predicted molar refractivity (Wildman–Crippen MR) is 106 cm³/mol. The van der Waals surface area contributed by atoms with Gasteiger partial charge in [0.25, 0.3) is 0 Å². The molecule has 2 heterocycles. The molecule has 0 aliphatic carbocycles. The second-order valence-electron chi connectivity index (χ2n) is 6.98. The van der Waals surface area contributed by atoms with Crippen molar-refractivity contribution in [3.63, 3.8) is 0 Å². The van der Waals surface area contributed by atoms with Crippen LogP contribution in [0.4, 0.5) is 27.6 Å². The van der Waals surface area contributed by atoms with Crippen molar-refractivity contribution >= 4 is 39.9 Å². The summed E-state index contributed by atoms with van der Waals surface area (Å²) in [4.78, 5) is 26.1. The van der Waals surface area contributed by atoms with E-state index >= 15 is 8.78 Å². The third-order valence-electron chi connectivity index (χ3n) is 5.09. The summed E-state index contributed by atoms with van der Waals surface area (Å²) in [7, 11) is 0. The smallest absolute Gasteiger partial charge is 0.359 e. The molecule has 1 amide bonds. The maximum Gasteiger partial charge on any atom is 0.359 e. The number of carbonyl (C=O) groups is 2. The fraction of sp³-hybridized carbons (Fsp3) is 0.0952. The molecule has 7 nitrogen and oxygen atoms in total. The Bertz CT molecular complexity index is 1450. The van der Waals surface area contributed by atoms with Crippen LogP contribution in [0, 0.1) is 17.5 Å². The van der Waals surface area contributed by atoms with Gasteiger partial charge in [-0.2, -0.15) is 8.78 Å². The Morgan fingerprint density at radius 2 is 1.79 bits per heavy atom. The number of anilines is 1. The molecule has 0 radical (unpaired) electrons. The number of carbonyl (C=O) groups excluding carboxylic acids is 1. The molecule has 0 aliphatic heterocycles. The largest absolute Gasteiger partial charge is 0.506 e. The van der Waals surface area contributed by atoms with Crippen LogP contribution >= 0.6 is 0 Å². The van der Waals surface area contributed by atoms with Gasteiger partial charge in [-0.3, -0.25) is 19.1 Å². The first kappa shape index (κ1) is 22.0. The van der Waals surface area contributed by atoms with Gasteiger partial charge < -0.3 is 15.5 Å². The van der Waals surface area contributed by atoms with Crippen LogP contribution in [-0.4, -0.2) is 32.1 Å². The van der Waals surface area contributed by atoms with Crippen LogP contribution in [0.5, 0.6) is 5.75 Å². The lowest BCUT2D eigenvalue weighted by Gasteiger charge is -2.22. The third kappa shape index (κ3) is 3.30. The average molecular weight is 465 g/mol. The molecule has 2 aromatic carbocycles. The third-order valence-corrected chi connectivity index (χ3v) is 5.09. The van der Waals surface area contributed by atoms with Crippen LogP contribution in [0.3, 0.4) is 0 Å². The number of halogens is 5. The van der Waals surface area contributed by atoms with E-state index in [-0.39, 0.29) is 38.5 Å². The Hall–Kier alpha value is -4.22. The zero-order valence-corrected chi connectivity index (χ0v) is 16.2. The van der Waals surface area contributed by atoms with Crippen molar-refractivity contribution in [2.24, 2.45) is 0 Å². The molecule has 0 bridgehead atoms. The van der Waals surface area contributed by atoms with E-state index < -0.39 is 52.7 Å². The van der Waals surface area contributed by atoms with Crippen molar-refractivity contribution in [2.45, 2.75) is 12.5 Å². The highest BCUT2D eigenvalue weighted by atomic mass is 19.3. The van der Waals surface area contributed by atoms with Gasteiger partial charge in [0.2, 0.25) is 6.41 Å². The first-order chi connectivity index (χ1) is 15.6. The van der Waals surface area contributed by atoms with Gasteiger partial charge in [0.15, 0.2) is 17.5 Å². The summed E-state index contributed by atoms with van der Waals surface area (Å²) in [6.45, 7) is 0. The van der Waals surface area contributed by atoms with Crippen LogP contribution in [0.2, 0.25) is 0 Å². The highest BCUT2D eigenvalue weighted by Crippen LogP contribution is 2.46. The van der Waals surface area contributed by atoms with Crippen LogP contribution in [0.15, 0.2) is 36.7 Å². The number of benzene rings is 2. The van der Waals surface area contributed by atoms with Crippen LogP contribution in [0.25, 0.3) is 21.8 Å². The highest BCUT2D eigenvalue weighted by molar-refractivity contribution is 6.18. The normalized spacial score (nSPS) is 11.8. The molecule has 0 fully saturated rings. The summed E-state index contributed by atoms with van der Waals surface area (Å²) in [5.41, 5.74) is -2.47. The van der Waals surface area contributed by atoms with Crippen molar-refractivity contribution in [1.82, 2.24) is 9.55 Å². The number of aromatic nitrogens is 2. The molecule has 12 heteroatoms. The number of hydrogen-bond acceptors (Lipinski definition) is 4. The Kier molecular flexibility index (Phi) is 5.15. The summed E-state index contributed by atoms with van der Waals surface area (Å²) < 4.78 is 73.0. The van der Waals surface area contributed by atoms with E-state index in [0.717, 1.165) is 24.5 Å². The first-order valence-corrected chi connectivity index (χ1v) is 9.16. The maximum absolute atomic E-state index is 15.7. The quantitative estimate of drug-likeness (QED) is 0.226. The lowest BCUT2D eigenvalue weighted by molar-refractivity contribution is -0.136. The molecule has 4 rings (SSSR count). The molecule has 2 aromatic heterocycles. The van der Waals surface area contributed by atoms with Gasteiger partial charge in [0.05, 0.1) is 46.5 Å². The zero-order chi connectivity index (χ0) is 24.1. The molecule has 170 valence electrons. The summed E-state index contributed by atoms with van der Waals surface area (Å²) >= 11 is 0. The van der Waals surface area contributed by atoms with E-state index in [9.17, 15) is 27.9 Å². The van der Waals surface area contributed by atoms with Crippen molar-refractivity contribution in [1.29, 1.82) is 0 Å². The minimum atomic E-state index is -4.33. The molecule has 3 N–H and O–H groups in total. The van der Waals surface area contributed by atoms with Crippen LogP contribution in [0.1, 0.15) is 11.1 Å². The van der Waals surface area contributed by atoms with Crippen molar-refractivity contribution < 1.29 is 41.8 Å². The van der Waals surface area contributed by atoms with Gasteiger partial charge in [0.1, 0.15) is 5.75 Å². The number of carboxylic acid groups (broad SMARTS) is 1. The number of amides is 1. The predicted octanol–water partition coefficient (Wildman–Crippen LogP) is 4.11. The van der Waals surface area contributed by atoms with Gasteiger partial charge in [0, 0.05) is 5.39 Å². The zero-order valence-electron chi connectivity index (χ0n) is 16.2. The van der Waals surface area contributed by atoms with E-state index in [0.29, 0.717) is 12.1 Å². The average Bonchev–Trinajstić information content (AvgIpc) is 3.10. The Balaban J connectivity index is 2.17. The number of rotatable bonds is 6. The lowest BCUT2D eigenvalue weighted by atomic mass is 10.0. The number of aliphatic carboxylic acids is 1. The Morgan fingerprint density at radius 1 is 1.06 bits per heavy atom. The van der Waals surface area contributed by atoms with Crippen molar-refractivity contribution in [3.8, 4) is 5.75 Å². The van der Waals surface area contributed by atoms with Gasteiger partial charge in [-0.1, -0.05) is 6.07 Å². The standard InChI is InChI=1S/C21H12F5N3O4/c22-11-3-2-10(18(23)19(11)24)21(25,26)29-12-4-1-9(5-15(32)33)20(28-8-30)17(12)16-13(29)6-27-7-14(16)31/h1-4,6-8,31H,5H2,(H,28,30)(H,32,33). The number of fused-ring (bicyclic) bond motifs is 3. The first-order valence-electron chi connectivity index (χ1n) is 9.16. The van der Waals surface area contributed by atoms with Gasteiger partial charge in [-0.15, -0.1) is 0 Å². The molecule has 0 unspecified atom stereocenters. The number of nitrogens with one attached hydrogen (secondary N) is 1. The Labute approximate surface area is 180 Å². The number of pyridine rings is 1. The molecular formula is C21H12F5N3O4. The fourth-order valence-corrected chi connectivity index (χ4v) is 3.78. The number of alkyl halides is 2. The molecule has 4 aromatic rings. The van der Waals surface area contributed by atoms with E-state index in [1.165, 1.54) is 0 Å². The lowest BCUT2D eigenvalue weighted by Crippen LogP contribution is -2.26. The minimum absolute atomic E-state index is 0.0275. The summed E-state index contributed by atoms with van der Waals surface area (Å²) in [6, 6.07) is -1.38. The summed E-state index contributed by atoms with van der Waals surface area (Å²) in [5, 5.41) is 21.4. The van der Waals surface area contributed by atoms with Gasteiger partial charge in [-0.25, -0.2) is 13.2 Å².